The van der Waals surface area contributed by atoms with Crippen LogP contribution in [0.25, 0.3) is 0 Å². The number of rotatable bonds is 5. The summed E-state index contributed by atoms with van der Waals surface area (Å²) in [6.45, 7) is 11.5. The van der Waals surface area contributed by atoms with E-state index in [0.717, 1.165) is 11.8 Å². The topological polar surface area (TPSA) is 0 Å². The lowest BCUT2D eigenvalue weighted by molar-refractivity contribution is 0.371. The fourth-order valence-corrected chi connectivity index (χ4v) is 2.19. The molecule has 0 saturated heterocycles. The summed E-state index contributed by atoms with van der Waals surface area (Å²) < 4.78 is 0. The molecule has 0 aliphatic heterocycles. The predicted octanol–water partition coefficient (Wildman–Crippen LogP) is 5.03. The molecule has 1 atom stereocenters. The van der Waals surface area contributed by atoms with Gasteiger partial charge in [-0.25, -0.2) is 0 Å². The Morgan fingerprint density at radius 1 is 0.938 bits per heavy atom. The normalized spacial score (nSPS) is 13.4. The molecule has 0 saturated carbocycles. The summed E-state index contributed by atoms with van der Waals surface area (Å²) in [4.78, 5) is 0. The van der Waals surface area contributed by atoms with Crippen molar-refractivity contribution in [1.82, 2.24) is 0 Å². The van der Waals surface area contributed by atoms with Gasteiger partial charge in [0.05, 0.1) is 0 Å². The fraction of sp³-hybridized carbons (Fsp3) is 0.625. The molecule has 1 aromatic rings. The van der Waals surface area contributed by atoms with Gasteiger partial charge in [-0.3, -0.25) is 0 Å². The Balaban J connectivity index is 2.67. The molecule has 0 aromatic heterocycles. The SMILES string of the molecule is CCC(Cc1ccc(C(C)C)cc1)C(C)C. The highest BCUT2D eigenvalue weighted by molar-refractivity contribution is 5.25. The lowest BCUT2D eigenvalue weighted by atomic mass is 9.87. The molecule has 90 valence electrons. The molecule has 0 aliphatic rings. The van der Waals surface area contributed by atoms with Crippen LogP contribution >= 0.6 is 0 Å². The summed E-state index contributed by atoms with van der Waals surface area (Å²) in [7, 11) is 0. The van der Waals surface area contributed by atoms with E-state index in [1.54, 1.807) is 0 Å². The Morgan fingerprint density at radius 2 is 1.50 bits per heavy atom. The van der Waals surface area contributed by atoms with Gasteiger partial charge in [0.15, 0.2) is 0 Å². The lowest BCUT2D eigenvalue weighted by Gasteiger charge is -2.19. The zero-order valence-corrected chi connectivity index (χ0v) is 11.5. The third-order valence-electron chi connectivity index (χ3n) is 3.61. The van der Waals surface area contributed by atoms with E-state index in [1.165, 1.54) is 24.0 Å². The Bertz CT molecular complexity index is 292. The van der Waals surface area contributed by atoms with Gasteiger partial charge in [0.25, 0.3) is 0 Å². The maximum atomic E-state index is 2.33. The third-order valence-corrected chi connectivity index (χ3v) is 3.61. The summed E-state index contributed by atoms with van der Waals surface area (Å²) in [5, 5.41) is 0. The minimum Gasteiger partial charge on any atom is -0.0651 e. The van der Waals surface area contributed by atoms with E-state index < -0.39 is 0 Å². The molecule has 0 fully saturated rings. The molecular weight excluding hydrogens is 192 g/mol. The van der Waals surface area contributed by atoms with Crippen LogP contribution in [0.4, 0.5) is 0 Å². The Morgan fingerprint density at radius 3 is 1.88 bits per heavy atom. The van der Waals surface area contributed by atoms with Gasteiger partial charge >= 0.3 is 0 Å². The van der Waals surface area contributed by atoms with E-state index in [1.807, 2.05) is 0 Å². The van der Waals surface area contributed by atoms with Crippen LogP contribution in [0.5, 0.6) is 0 Å². The molecule has 16 heavy (non-hydrogen) atoms. The van der Waals surface area contributed by atoms with E-state index in [0.29, 0.717) is 5.92 Å². The Hall–Kier alpha value is -0.780. The fourth-order valence-electron chi connectivity index (χ4n) is 2.19. The van der Waals surface area contributed by atoms with Crippen LogP contribution in [0.3, 0.4) is 0 Å². The van der Waals surface area contributed by atoms with Crippen LogP contribution in [0.2, 0.25) is 0 Å². The molecule has 0 aliphatic carbocycles. The highest BCUT2D eigenvalue weighted by Gasteiger charge is 2.11. The molecule has 0 heterocycles. The second-order valence-electron chi connectivity index (χ2n) is 5.51. The molecule has 0 bridgehead atoms. The molecule has 0 radical (unpaired) electrons. The average molecular weight is 218 g/mol. The first kappa shape index (κ1) is 13.3. The second-order valence-corrected chi connectivity index (χ2v) is 5.51. The summed E-state index contributed by atoms with van der Waals surface area (Å²) in [5.41, 5.74) is 2.94. The maximum Gasteiger partial charge on any atom is -0.0219 e. The zero-order chi connectivity index (χ0) is 12.1. The molecule has 0 nitrogen and oxygen atoms in total. The van der Waals surface area contributed by atoms with Crippen molar-refractivity contribution in [3.63, 3.8) is 0 Å². The van der Waals surface area contributed by atoms with Crippen molar-refractivity contribution in [3.8, 4) is 0 Å². The van der Waals surface area contributed by atoms with E-state index >= 15 is 0 Å². The average Bonchev–Trinajstić information content (AvgIpc) is 2.26. The largest absolute Gasteiger partial charge is 0.0651 e. The first-order valence-corrected chi connectivity index (χ1v) is 6.63. The summed E-state index contributed by atoms with van der Waals surface area (Å²) in [6, 6.07) is 9.18. The first-order chi connectivity index (χ1) is 7.54. The zero-order valence-electron chi connectivity index (χ0n) is 11.5. The second kappa shape index (κ2) is 6.08. The van der Waals surface area contributed by atoms with Crippen molar-refractivity contribution < 1.29 is 0 Å². The van der Waals surface area contributed by atoms with Crippen LogP contribution in [-0.4, -0.2) is 0 Å². The standard InChI is InChI=1S/C16H26/c1-6-15(12(2)3)11-14-7-9-16(10-8-14)13(4)5/h7-10,12-13,15H,6,11H2,1-5H3. The lowest BCUT2D eigenvalue weighted by Crippen LogP contribution is -2.10. The smallest absolute Gasteiger partial charge is 0.0219 e. The van der Waals surface area contributed by atoms with E-state index in [9.17, 15) is 0 Å². The molecule has 1 unspecified atom stereocenters. The van der Waals surface area contributed by atoms with Gasteiger partial charge in [0.2, 0.25) is 0 Å². The van der Waals surface area contributed by atoms with Crippen molar-refractivity contribution >= 4 is 0 Å². The molecule has 1 rings (SSSR count). The van der Waals surface area contributed by atoms with Gasteiger partial charge < -0.3 is 0 Å². The van der Waals surface area contributed by atoms with Crippen molar-refractivity contribution in [2.45, 2.75) is 53.4 Å². The molecular formula is C16H26. The Labute approximate surface area is 101 Å². The van der Waals surface area contributed by atoms with Crippen LogP contribution < -0.4 is 0 Å². The minimum atomic E-state index is 0.640. The summed E-state index contributed by atoms with van der Waals surface area (Å²) >= 11 is 0. The highest BCUT2D eigenvalue weighted by atomic mass is 14.2. The van der Waals surface area contributed by atoms with Crippen molar-refractivity contribution in [3.05, 3.63) is 35.4 Å². The van der Waals surface area contributed by atoms with Crippen LogP contribution in [-0.2, 0) is 6.42 Å². The highest BCUT2D eigenvalue weighted by Crippen LogP contribution is 2.22. The van der Waals surface area contributed by atoms with Gasteiger partial charge in [-0.2, -0.15) is 0 Å². The van der Waals surface area contributed by atoms with Gasteiger partial charge in [-0.05, 0) is 35.3 Å². The predicted molar refractivity (Wildman–Crippen MR) is 72.9 cm³/mol. The van der Waals surface area contributed by atoms with E-state index in [-0.39, 0.29) is 0 Å². The number of hydrogen-bond acceptors (Lipinski definition) is 0. The van der Waals surface area contributed by atoms with E-state index in [4.69, 9.17) is 0 Å². The van der Waals surface area contributed by atoms with Crippen molar-refractivity contribution in [1.29, 1.82) is 0 Å². The van der Waals surface area contributed by atoms with Crippen molar-refractivity contribution in [2.24, 2.45) is 11.8 Å². The summed E-state index contributed by atoms with van der Waals surface area (Å²) in [5.74, 6) is 2.25. The molecule has 0 amide bonds. The number of benzene rings is 1. The van der Waals surface area contributed by atoms with E-state index in [2.05, 4.69) is 58.9 Å². The molecule has 0 N–H and O–H groups in total. The van der Waals surface area contributed by atoms with Crippen molar-refractivity contribution in [2.75, 3.05) is 0 Å². The third kappa shape index (κ3) is 3.66. The van der Waals surface area contributed by atoms with Gasteiger partial charge in [0, 0.05) is 0 Å². The van der Waals surface area contributed by atoms with Gasteiger partial charge in [-0.1, -0.05) is 65.3 Å². The summed E-state index contributed by atoms with van der Waals surface area (Å²) in [6.07, 6.45) is 2.51. The Kier molecular flexibility index (Phi) is 5.05. The number of hydrogen-bond donors (Lipinski definition) is 0. The maximum absolute atomic E-state index is 2.33. The molecule has 1 aromatic carbocycles. The molecule has 0 heteroatoms. The van der Waals surface area contributed by atoms with Crippen LogP contribution in [0.1, 0.15) is 58.1 Å². The monoisotopic (exact) mass is 218 g/mol. The van der Waals surface area contributed by atoms with Crippen LogP contribution in [0, 0.1) is 11.8 Å². The molecule has 0 spiro atoms. The first-order valence-electron chi connectivity index (χ1n) is 6.63. The van der Waals surface area contributed by atoms with Crippen LogP contribution in [0.15, 0.2) is 24.3 Å². The quantitative estimate of drug-likeness (QED) is 0.650. The minimum absolute atomic E-state index is 0.640. The van der Waals surface area contributed by atoms with Gasteiger partial charge in [-0.15, -0.1) is 0 Å². The van der Waals surface area contributed by atoms with Gasteiger partial charge in [0.1, 0.15) is 0 Å².